The van der Waals surface area contributed by atoms with Crippen molar-refractivity contribution in [2.75, 3.05) is 20.8 Å². The standard InChI is InChI=1S/C17H20N4O4/c1-17(16(23)25-3)7-4-10-20(17)15(22)13-11-12(24-2)5-6-14(13)21-18-8-9-19-21/h5-6,8-9,11H,4,7,10H2,1-3H3/t17-/m0/s1. The first-order chi connectivity index (χ1) is 12.0. The monoisotopic (exact) mass is 344 g/mol. The highest BCUT2D eigenvalue weighted by Gasteiger charge is 2.47. The Kier molecular flexibility index (Phi) is 4.43. The van der Waals surface area contributed by atoms with Crippen LogP contribution < -0.4 is 4.74 Å². The fourth-order valence-corrected chi connectivity index (χ4v) is 3.19. The summed E-state index contributed by atoms with van der Waals surface area (Å²) in [7, 11) is 2.86. The second kappa shape index (κ2) is 6.54. The molecule has 0 unspecified atom stereocenters. The predicted molar refractivity (Wildman–Crippen MR) is 88.6 cm³/mol. The molecule has 0 saturated carbocycles. The van der Waals surface area contributed by atoms with Gasteiger partial charge >= 0.3 is 5.97 Å². The summed E-state index contributed by atoms with van der Waals surface area (Å²) >= 11 is 0. The van der Waals surface area contributed by atoms with Gasteiger partial charge in [-0.25, -0.2) is 4.79 Å². The van der Waals surface area contributed by atoms with E-state index in [4.69, 9.17) is 9.47 Å². The van der Waals surface area contributed by atoms with Gasteiger partial charge in [0.15, 0.2) is 0 Å². The number of hydrogen-bond donors (Lipinski definition) is 0. The van der Waals surface area contributed by atoms with Crippen LogP contribution in [0.3, 0.4) is 0 Å². The van der Waals surface area contributed by atoms with Gasteiger partial charge in [-0.3, -0.25) is 4.79 Å². The Hall–Kier alpha value is -2.90. The fraction of sp³-hybridized carbons (Fsp3) is 0.412. The van der Waals surface area contributed by atoms with Crippen LogP contribution >= 0.6 is 0 Å². The van der Waals surface area contributed by atoms with Crippen LogP contribution in [0.4, 0.5) is 0 Å². The van der Waals surface area contributed by atoms with E-state index >= 15 is 0 Å². The Labute approximate surface area is 145 Å². The van der Waals surface area contributed by atoms with E-state index in [1.54, 1.807) is 30.0 Å². The zero-order valence-corrected chi connectivity index (χ0v) is 14.4. The first-order valence-corrected chi connectivity index (χ1v) is 7.96. The average Bonchev–Trinajstić information content (AvgIpc) is 3.30. The number of hydrogen-bond acceptors (Lipinski definition) is 6. The number of methoxy groups -OCH3 is 2. The van der Waals surface area contributed by atoms with Gasteiger partial charge < -0.3 is 14.4 Å². The summed E-state index contributed by atoms with van der Waals surface area (Å²) in [5, 5.41) is 8.20. The predicted octanol–water partition coefficient (Wildman–Crippen LogP) is 1.44. The van der Waals surface area contributed by atoms with Gasteiger partial charge in [-0.2, -0.15) is 15.0 Å². The van der Waals surface area contributed by atoms with E-state index in [1.165, 1.54) is 31.4 Å². The summed E-state index contributed by atoms with van der Waals surface area (Å²) in [6.07, 6.45) is 4.36. The summed E-state index contributed by atoms with van der Waals surface area (Å²) in [6, 6.07) is 5.09. The molecule has 25 heavy (non-hydrogen) atoms. The number of rotatable bonds is 4. The lowest BCUT2D eigenvalue weighted by Gasteiger charge is -2.32. The van der Waals surface area contributed by atoms with E-state index in [9.17, 15) is 9.59 Å². The van der Waals surface area contributed by atoms with Crippen LogP contribution in [0.2, 0.25) is 0 Å². The van der Waals surface area contributed by atoms with Gasteiger partial charge in [0.1, 0.15) is 11.3 Å². The van der Waals surface area contributed by atoms with Crippen LogP contribution in [0.5, 0.6) is 5.75 Å². The van der Waals surface area contributed by atoms with Gasteiger partial charge in [-0.15, -0.1) is 0 Å². The normalized spacial score (nSPS) is 19.7. The Morgan fingerprint density at radius 1 is 1.20 bits per heavy atom. The number of likely N-dealkylation sites (tertiary alicyclic amines) is 1. The van der Waals surface area contributed by atoms with Crippen molar-refractivity contribution >= 4 is 11.9 Å². The summed E-state index contributed by atoms with van der Waals surface area (Å²) in [5.74, 6) is -0.158. The number of carbonyl (C=O) groups excluding carboxylic acids is 2. The molecule has 0 bridgehead atoms. The van der Waals surface area contributed by atoms with Gasteiger partial charge in [0, 0.05) is 6.54 Å². The highest BCUT2D eigenvalue weighted by Crippen LogP contribution is 2.33. The van der Waals surface area contributed by atoms with Crippen LogP contribution in [0.1, 0.15) is 30.1 Å². The number of ether oxygens (including phenoxy) is 2. The van der Waals surface area contributed by atoms with Crippen molar-refractivity contribution in [1.29, 1.82) is 0 Å². The van der Waals surface area contributed by atoms with Crippen LogP contribution in [-0.4, -0.2) is 58.1 Å². The van der Waals surface area contributed by atoms with Crippen molar-refractivity contribution in [3.8, 4) is 11.4 Å². The molecule has 132 valence electrons. The maximum atomic E-state index is 13.3. The number of benzene rings is 1. The van der Waals surface area contributed by atoms with E-state index in [0.717, 1.165) is 6.42 Å². The number of amides is 1. The largest absolute Gasteiger partial charge is 0.497 e. The lowest BCUT2D eigenvalue weighted by Crippen LogP contribution is -2.51. The molecule has 1 aromatic heterocycles. The number of carbonyl (C=O) groups is 2. The maximum Gasteiger partial charge on any atom is 0.331 e. The number of nitrogens with zero attached hydrogens (tertiary/aromatic N) is 4. The lowest BCUT2D eigenvalue weighted by atomic mass is 9.98. The third-order valence-electron chi connectivity index (χ3n) is 4.58. The molecule has 1 saturated heterocycles. The van der Waals surface area contributed by atoms with Crippen molar-refractivity contribution in [3.63, 3.8) is 0 Å². The minimum absolute atomic E-state index is 0.281. The van der Waals surface area contributed by atoms with E-state index < -0.39 is 11.5 Å². The summed E-state index contributed by atoms with van der Waals surface area (Å²) < 4.78 is 10.2. The molecule has 3 rings (SSSR count). The molecule has 0 N–H and O–H groups in total. The van der Waals surface area contributed by atoms with E-state index in [2.05, 4.69) is 10.2 Å². The summed E-state index contributed by atoms with van der Waals surface area (Å²) in [5.41, 5.74) is -0.0912. The topological polar surface area (TPSA) is 86.5 Å². The SMILES string of the molecule is COC(=O)[C@]1(C)CCCN1C(=O)c1cc(OC)ccc1-n1nccn1. The van der Waals surface area contributed by atoms with E-state index in [1.807, 2.05) is 0 Å². The summed E-state index contributed by atoms with van der Waals surface area (Å²) in [4.78, 5) is 28.4. The maximum absolute atomic E-state index is 13.3. The molecule has 0 aliphatic carbocycles. The van der Waals surface area contributed by atoms with Gasteiger partial charge in [-0.1, -0.05) is 0 Å². The zero-order valence-electron chi connectivity index (χ0n) is 14.4. The van der Waals surface area contributed by atoms with Crippen molar-refractivity contribution in [2.45, 2.75) is 25.3 Å². The number of esters is 1. The molecule has 1 fully saturated rings. The van der Waals surface area contributed by atoms with Crippen LogP contribution in [0, 0.1) is 0 Å². The molecule has 1 aromatic carbocycles. The number of aromatic nitrogens is 3. The first kappa shape index (κ1) is 16.9. The second-order valence-electron chi connectivity index (χ2n) is 6.03. The molecular weight excluding hydrogens is 324 g/mol. The Morgan fingerprint density at radius 2 is 1.92 bits per heavy atom. The third kappa shape index (κ3) is 2.84. The molecule has 8 heteroatoms. The average molecular weight is 344 g/mol. The molecule has 1 amide bonds. The van der Waals surface area contributed by atoms with Crippen LogP contribution in [0.25, 0.3) is 5.69 Å². The molecule has 1 aliphatic heterocycles. The van der Waals surface area contributed by atoms with Crippen molar-refractivity contribution in [2.24, 2.45) is 0 Å². The molecule has 0 spiro atoms. The van der Waals surface area contributed by atoms with E-state index in [0.29, 0.717) is 30.0 Å². The molecule has 2 aromatic rings. The van der Waals surface area contributed by atoms with E-state index in [-0.39, 0.29) is 5.91 Å². The van der Waals surface area contributed by atoms with Crippen molar-refractivity contribution in [3.05, 3.63) is 36.2 Å². The highest BCUT2D eigenvalue weighted by molar-refractivity contribution is 6.01. The lowest BCUT2D eigenvalue weighted by molar-refractivity contribution is -0.151. The smallest absolute Gasteiger partial charge is 0.331 e. The van der Waals surface area contributed by atoms with Crippen molar-refractivity contribution < 1.29 is 19.1 Å². The molecule has 1 atom stereocenters. The molecule has 1 aliphatic rings. The van der Waals surface area contributed by atoms with Gasteiger partial charge in [0.2, 0.25) is 0 Å². The molecule has 8 nitrogen and oxygen atoms in total. The van der Waals surface area contributed by atoms with Gasteiger partial charge in [0.25, 0.3) is 5.91 Å². The molecular formula is C17H20N4O4. The quantitative estimate of drug-likeness (QED) is 0.780. The Balaban J connectivity index is 2.06. The minimum atomic E-state index is -0.982. The zero-order chi connectivity index (χ0) is 18.0. The second-order valence-corrected chi connectivity index (χ2v) is 6.03. The first-order valence-electron chi connectivity index (χ1n) is 7.96. The third-order valence-corrected chi connectivity index (χ3v) is 4.58. The van der Waals surface area contributed by atoms with Crippen LogP contribution in [0.15, 0.2) is 30.6 Å². The van der Waals surface area contributed by atoms with Crippen LogP contribution in [-0.2, 0) is 9.53 Å². The fourth-order valence-electron chi connectivity index (χ4n) is 3.19. The highest BCUT2D eigenvalue weighted by atomic mass is 16.5. The van der Waals surface area contributed by atoms with Gasteiger partial charge in [0.05, 0.1) is 37.9 Å². The van der Waals surface area contributed by atoms with Gasteiger partial charge in [-0.05, 0) is 38.0 Å². The molecule has 2 heterocycles. The Morgan fingerprint density at radius 3 is 2.56 bits per heavy atom. The Bertz CT molecular complexity index is 790. The minimum Gasteiger partial charge on any atom is -0.497 e. The van der Waals surface area contributed by atoms with Crippen molar-refractivity contribution in [1.82, 2.24) is 19.9 Å². The molecule has 0 radical (unpaired) electrons. The summed E-state index contributed by atoms with van der Waals surface area (Å²) in [6.45, 7) is 2.21.